The molecule has 0 spiro atoms. The van der Waals surface area contributed by atoms with Crippen LogP contribution < -0.4 is 10.4 Å². The minimum Gasteiger partial charge on any atom is -0.429 e. The van der Waals surface area contributed by atoms with E-state index in [4.69, 9.17) is 18.6 Å². The molecule has 7 heteroatoms. The van der Waals surface area contributed by atoms with Crippen LogP contribution in [0, 0.1) is 0 Å². The fourth-order valence-electron chi connectivity index (χ4n) is 6.17. The summed E-state index contributed by atoms with van der Waals surface area (Å²) in [5, 5.41) is 14.0. The first kappa shape index (κ1) is 32.8. The summed E-state index contributed by atoms with van der Waals surface area (Å²) >= 11 is 0. The number of rotatable bonds is 10. The third kappa shape index (κ3) is 7.46. The standard InChI is InChI=1S/C38H44O6Si/c1-37(2,3)45(32-21-13-7-14-22-32,33-23-15-8-16-24-33)42-28-31-25-26-34(41-27-29-17-9-5-10-18-29)38(4,40)36(43-31)44-35(39)30-19-11-6-12-20-30/h5-24,31,34,36,40H,25-28H2,1-4H3/t31-,34+,36?,38+/m0/s1. The van der Waals surface area contributed by atoms with E-state index in [1.807, 2.05) is 48.5 Å². The fraction of sp³-hybridized carbons (Fsp3) is 0.342. The van der Waals surface area contributed by atoms with Crippen molar-refractivity contribution >= 4 is 24.7 Å². The molecule has 1 aliphatic rings. The van der Waals surface area contributed by atoms with Gasteiger partial charge in [0.2, 0.25) is 6.29 Å². The normalized spacial score (nSPS) is 22.4. The second-order valence-electron chi connectivity index (χ2n) is 12.9. The Hall–Kier alpha value is -3.59. The maximum absolute atomic E-state index is 13.2. The minimum absolute atomic E-state index is 0.216. The van der Waals surface area contributed by atoms with Crippen LogP contribution in [0.1, 0.15) is 56.5 Å². The highest BCUT2D eigenvalue weighted by Gasteiger charge is 2.52. The number of benzene rings is 4. The number of aliphatic hydroxyl groups is 1. The predicted octanol–water partition coefficient (Wildman–Crippen LogP) is 6.26. The molecule has 236 valence electrons. The van der Waals surface area contributed by atoms with E-state index in [1.165, 1.54) is 10.4 Å². The summed E-state index contributed by atoms with van der Waals surface area (Å²) in [6.07, 6.45) is -1.34. The van der Waals surface area contributed by atoms with Crippen LogP contribution in [0.5, 0.6) is 0 Å². The van der Waals surface area contributed by atoms with E-state index in [0.717, 1.165) is 5.56 Å². The lowest BCUT2D eigenvalue weighted by atomic mass is 9.94. The maximum Gasteiger partial charge on any atom is 0.340 e. The molecule has 45 heavy (non-hydrogen) atoms. The number of carbonyl (C=O) groups is 1. The van der Waals surface area contributed by atoms with Crippen LogP contribution in [0.4, 0.5) is 0 Å². The monoisotopic (exact) mass is 624 g/mol. The van der Waals surface area contributed by atoms with E-state index in [1.54, 1.807) is 31.2 Å². The Morgan fingerprint density at radius 1 is 0.822 bits per heavy atom. The summed E-state index contributed by atoms with van der Waals surface area (Å²) in [4.78, 5) is 13.2. The second-order valence-corrected chi connectivity index (χ2v) is 17.2. The average Bonchev–Trinajstić information content (AvgIpc) is 3.16. The summed E-state index contributed by atoms with van der Waals surface area (Å²) in [6, 6.07) is 39.5. The molecular weight excluding hydrogens is 580 g/mol. The molecule has 0 radical (unpaired) electrons. The molecule has 0 bridgehead atoms. The molecule has 4 aromatic carbocycles. The molecule has 1 N–H and O–H groups in total. The van der Waals surface area contributed by atoms with Crippen LogP contribution in [0.25, 0.3) is 0 Å². The number of hydrogen-bond donors (Lipinski definition) is 1. The van der Waals surface area contributed by atoms with Gasteiger partial charge in [-0.05, 0) is 52.9 Å². The van der Waals surface area contributed by atoms with E-state index >= 15 is 0 Å². The predicted molar refractivity (Wildman–Crippen MR) is 179 cm³/mol. The number of ether oxygens (including phenoxy) is 3. The molecule has 1 fully saturated rings. The van der Waals surface area contributed by atoms with Crippen molar-refractivity contribution in [3.8, 4) is 0 Å². The SMILES string of the molecule is CC(C)(C)[Si](OC[C@@H]1CC[C@@H](OCc2ccccc2)[C@@](C)(O)C(OC(=O)c2ccccc2)O1)(c1ccccc1)c1ccccc1. The Labute approximate surface area is 268 Å². The molecule has 1 unspecified atom stereocenters. The molecule has 1 aliphatic heterocycles. The Morgan fingerprint density at radius 3 is 1.87 bits per heavy atom. The quantitative estimate of drug-likeness (QED) is 0.166. The smallest absolute Gasteiger partial charge is 0.340 e. The van der Waals surface area contributed by atoms with Gasteiger partial charge in [-0.15, -0.1) is 0 Å². The molecule has 1 saturated heterocycles. The van der Waals surface area contributed by atoms with E-state index in [9.17, 15) is 9.90 Å². The third-order valence-corrected chi connectivity index (χ3v) is 13.6. The van der Waals surface area contributed by atoms with Gasteiger partial charge in [0, 0.05) is 0 Å². The average molecular weight is 625 g/mol. The summed E-state index contributed by atoms with van der Waals surface area (Å²) in [6.45, 7) is 8.89. The first-order valence-corrected chi connectivity index (χ1v) is 17.6. The summed E-state index contributed by atoms with van der Waals surface area (Å²) in [5.41, 5.74) is -0.253. The minimum atomic E-state index is -2.85. The van der Waals surface area contributed by atoms with Crippen LogP contribution in [0.15, 0.2) is 121 Å². The zero-order valence-corrected chi connectivity index (χ0v) is 27.6. The van der Waals surface area contributed by atoms with Gasteiger partial charge in [0.15, 0.2) is 0 Å². The zero-order valence-electron chi connectivity index (χ0n) is 26.6. The maximum atomic E-state index is 13.2. The van der Waals surface area contributed by atoms with Gasteiger partial charge < -0.3 is 23.7 Å². The van der Waals surface area contributed by atoms with Gasteiger partial charge in [-0.25, -0.2) is 4.79 Å². The van der Waals surface area contributed by atoms with Crippen LogP contribution in [0.2, 0.25) is 5.04 Å². The molecule has 0 aromatic heterocycles. The third-order valence-electron chi connectivity index (χ3n) is 8.62. The van der Waals surface area contributed by atoms with E-state index in [0.29, 0.717) is 25.0 Å². The number of hydrogen-bond acceptors (Lipinski definition) is 6. The molecule has 0 saturated carbocycles. The molecule has 5 rings (SSSR count). The lowest BCUT2D eigenvalue weighted by Crippen LogP contribution is -2.67. The zero-order chi connectivity index (χ0) is 31.9. The highest BCUT2D eigenvalue weighted by atomic mass is 28.4. The summed E-state index contributed by atoms with van der Waals surface area (Å²) in [5.74, 6) is -0.573. The number of carbonyl (C=O) groups excluding carboxylic acids is 1. The fourth-order valence-corrected chi connectivity index (χ4v) is 10.8. The van der Waals surface area contributed by atoms with Crippen molar-refractivity contribution in [2.24, 2.45) is 0 Å². The molecular formula is C38H44O6Si. The second kappa shape index (κ2) is 14.2. The largest absolute Gasteiger partial charge is 0.429 e. The van der Waals surface area contributed by atoms with E-state index in [-0.39, 0.29) is 11.6 Å². The van der Waals surface area contributed by atoms with Gasteiger partial charge in [-0.2, -0.15) is 0 Å². The Kier molecular flexibility index (Phi) is 10.4. The molecule has 4 atom stereocenters. The number of esters is 1. The van der Waals surface area contributed by atoms with E-state index in [2.05, 4.69) is 69.3 Å². The van der Waals surface area contributed by atoms with Gasteiger partial charge in [0.05, 0.1) is 31.0 Å². The molecule has 6 nitrogen and oxygen atoms in total. The highest BCUT2D eigenvalue weighted by Crippen LogP contribution is 2.38. The Balaban J connectivity index is 1.44. The Morgan fingerprint density at radius 2 is 1.33 bits per heavy atom. The van der Waals surface area contributed by atoms with Gasteiger partial charge in [-0.3, -0.25) is 0 Å². The summed E-state index contributed by atoms with van der Waals surface area (Å²) < 4.78 is 25.9. The van der Waals surface area contributed by atoms with Crippen molar-refractivity contribution in [1.82, 2.24) is 0 Å². The highest BCUT2D eigenvalue weighted by molar-refractivity contribution is 6.99. The lowest BCUT2D eigenvalue weighted by Gasteiger charge is -2.43. The van der Waals surface area contributed by atoms with Gasteiger partial charge in [-0.1, -0.05) is 130 Å². The van der Waals surface area contributed by atoms with Crippen LogP contribution in [-0.4, -0.2) is 50.1 Å². The first-order chi connectivity index (χ1) is 21.6. The van der Waals surface area contributed by atoms with Crippen LogP contribution in [-0.2, 0) is 25.2 Å². The first-order valence-electron chi connectivity index (χ1n) is 15.7. The van der Waals surface area contributed by atoms with Crippen molar-refractivity contribution in [2.75, 3.05) is 6.61 Å². The molecule has 4 aromatic rings. The van der Waals surface area contributed by atoms with Crippen molar-refractivity contribution < 1.29 is 28.5 Å². The van der Waals surface area contributed by atoms with Gasteiger partial charge >= 0.3 is 5.97 Å². The van der Waals surface area contributed by atoms with Crippen molar-refractivity contribution in [3.05, 3.63) is 132 Å². The van der Waals surface area contributed by atoms with E-state index < -0.39 is 38.4 Å². The Bertz CT molecular complexity index is 1450. The lowest BCUT2D eigenvalue weighted by molar-refractivity contribution is -0.249. The van der Waals surface area contributed by atoms with Crippen LogP contribution in [0.3, 0.4) is 0 Å². The molecule has 1 heterocycles. The molecule has 0 amide bonds. The van der Waals surface area contributed by atoms with Crippen molar-refractivity contribution in [1.29, 1.82) is 0 Å². The van der Waals surface area contributed by atoms with Gasteiger partial charge in [0.25, 0.3) is 8.32 Å². The van der Waals surface area contributed by atoms with Crippen molar-refractivity contribution in [3.63, 3.8) is 0 Å². The van der Waals surface area contributed by atoms with Crippen molar-refractivity contribution in [2.45, 2.75) is 76.3 Å². The summed E-state index contributed by atoms with van der Waals surface area (Å²) in [7, 11) is -2.85. The topological polar surface area (TPSA) is 74.2 Å². The molecule has 0 aliphatic carbocycles. The van der Waals surface area contributed by atoms with Gasteiger partial charge in [0.1, 0.15) is 5.60 Å². The van der Waals surface area contributed by atoms with Crippen LogP contribution >= 0.6 is 0 Å².